The van der Waals surface area contributed by atoms with Crippen LogP contribution in [0.15, 0.2) is 6.07 Å². The van der Waals surface area contributed by atoms with E-state index in [2.05, 4.69) is 15.5 Å². The van der Waals surface area contributed by atoms with Gasteiger partial charge < -0.3 is 16.0 Å². The maximum Gasteiger partial charge on any atom is 0.270 e. The number of nitrogens with one attached hydrogen (secondary N) is 2. The molecule has 1 heterocycles. The average Bonchev–Trinajstić information content (AvgIpc) is 2.73. The number of aromatic nitrogens is 2. The lowest BCUT2D eigenvalue weighted by atomic mass is 10.2. The molecule has 0 bridgehead atoms. The summed E-state index contributed by atoms with van der Waals surface area (Å²) in [5.41, 5.74) is 5.62. The second kappa shape index (κ2) is 5.33. The number of likely N-dealkylation sites (N-methyl/N-ethyl adjacent to an activating group) is 1. The summed E-state index contributed by atoms with van der Waals surface area (Å²) in [6, 6.07) is 0.827. The molecule has 0 aliphatic heterocycles. The van der Waals surface area contributed by atoms with Crippen molar-refractivity contribution in [3.63, 3.8) is 0 Å². The van der Waals surface area contributed by atoms with Gasteiger partial charge in [0.15, 0.2) is 0 Å². The molecule has 1 atom stereocenters. The van der Waals surface area contributed by atoms with Gasteiger partial charge in [-0.25, -0.2) is 0 Å². The van der Waals surface area contributed by atoms with E-state index in [1.807, 2.05) is 6.92 Å². The molecule has 7 heteroatoms. The van der Waals surface area contributed by atoms with Gasteiger partial charge >= 0.3 is 0 Å². The number of aromatic amines is 1. The SMILES string of the molecule is CCN(C)C(=O)C(C)NC(=O)c1cc(N)n[nH]1. The molecule has 2 amide bonds. The van der Waals surface area contributed by atoms with Gasteiger partial charge in [0.2, 0.25) is 5.91 Å². The third-order valence-corrected chi connectivity index (χ3v) is 2.41. The summed E-state index contributed by atoms with van der Waals surface area (Å²) in [6.45, 7) is 4.09. The lowest BCUT2D eigenvalue weighted by Gasteiger charge is -2.20. The Balaban J connectivity index is 2.60. The summed E-state index contributed by atoms with van der Waals surface area (Å²) in [5, 5.41) is 8.69. The zero-order valence-corrected chi connectivity index (χ0v) is 10.2. The van der Waals surface area contributed by atoms with Crippen LogP contribution in [0.3, 0.4) is 0 Å². The van der Waals surface area contributed by atoms with Gasteiger partial charge in [0.25, 0.3) is 5.91 Å². The second-order valence-electron chi connectivity index (χ2n) is 3.75. The standard InChI is InChI=1S/C10H17N5O2/c1-4-15(3)10(17)6(2)12-9(16)7-5-8(11)14-13-7/h5-6H,4H2,1-3H3,(H,12,16)(H3,11,13,14). The van der Waals surface area contributed by atoms with Crippen LogP contribution in [0, 0.1) is 0 Å². The van der Waals surface area contributed by atoms with Gasteiger partial charge in [-0.2, -0.15) is 5.10 Å². The van der Waals surface area contributed by atoms with Crippen molar-refractivity contribution >= 4 is 17.6 Å². The Morgan fingerprint density at radius 2 is 2.29 bits per heavy atom. The first-order valence-electron chi connectivity index (χ1n) is 5.32. The number of nitrogens with two attached hydrogens (primary N) is 1. The Morgan fingerprint density at radius 1 is 1.65 bits per heavy atom. The summed E-state index contributed by atoms with van der Waals surface area (Å²) >= 11 is 0. The summed E-state index contributed by atoms with van der Waals surface area (Å²) < 4.78 is 0. The fourth-order valence-electron chi connectivity index (χ4n) is 1.28. The van der Waals surface area contributed by atoms with E-state index in [0.717, 1.165) is 0 Å². The predicted octanol–water partition coefficient (Wildman–Crippen LogP) is -0.411. The lowest BCUT2D eigenvalue weighted by molar-refractivity contribution is -0.131. The molecule has 1 unspecified atom stereocenters. The normalized spacial score (nSPS) is 11.9. The molecule has 0 spiro atoms. The Kier molecular flexibility index (Phi) is 4.08. The predicted molar refractivity (Wildman–Crippen MR) is 63.2 cm³/mol. The molecule has 7 nitrogen and oxygen atoms in total. The van der Waals surface area contributed by atoms with E-state index in [0.29, 0.717) is 6.54 Å². The fourth-order valence-corrected chi connectivity index (χ4v) is 1.28. The number of nitrogens with zero attached hydrogens (tertiary/aromatic N) is 2. The first-order chi connectivity index (χ1) is 7.95. The molecule has 0 saturated heterocycles. The summed E-state index contributed by atoms with van der Waals surface area (Å²) in [4.78, 5) is 24.9. The molecule has 0 saturated carbocycles. The van der Waals surface area contributed by atoms with Crippen LogP contribution in [-0.4, -0.2) is 46.5 Å². The zero-order chi connectivity index (χ0) is 13.0. The number of hydrogen-bond donors (Lipinski definition) is 3. The number of rotatable bonds is 4. The van der Waals surface area contributed by atoms with E-state index in [-0.39, 0.29) is 17.4 Å². The van der Waals surface area contributed by atoms with E-state index in [1.54, 1.807) is 14.0 Å². The first-order valence-corrected chi connectivity index (χ1v) is 5.32. The highest BCUT2D eigenvalue weighted by atomic mass is 16.2. The van der Waals surface area contributed by atoms with Crippen molar-refractivity contribution in [2.24, 2.45) is 0 Å². The highest BCUT2D eigenvalue weighted by Gasteiger charge is 2.19. The van der Waals surface area contributed by atoms with Crippen molar-refractivity contribution in [1.29, 1.82) is 0 Å². The molecule has 1 aromatic heterocycles. The molecule has 0 aromatic carbocycles. The van der Waals surface area contributed by atoms with Gasteiger partial charge in [-0.05, 0) is 13.8 Å². The van der Waals surface area contributed by atoms with Crippen molar-refractivity contribution < 1.29 is 9.59 Å². The molecule has 1 aromatic rings. The molecule has 0 radical (unpaired) electrons. The van der Waals surface area contributed by atoms with Crippen molar-refractivity contribution in [2.45, 2.75) is 19.9 Å². The number of nitrogen functional groups attached to an aromatic ring is 1. The van der Waals surface area contributed by atoms with Crippen LogP contribution >= 0.6 is 0 Å². The number of amides is 2. The number of H-pyrrole nitrogens is 1. The van der Waals surface area contributed by atoms with E-state index in [1.165, 1.54) is 11.0 Å². The molecular weight excluding hydrogens is 222 g/mol. The van der Waals surface area contributed by atoms with Gasteiger partial charge in [-0.1, -0.05) is 0 Å². The van der Waals surface area contributed by atoms with Crippen LogP contribution in [0.5, 0.6) is 0 Å². The lowest BCUT2D eigenvalue weighted by Crippen LogP contribution is -2.45. The maximum absolute atomic E-state index is 11.7. The third-order valence-electron chi connectivity index (χ3n) is 2.41. The molecule has 0 aliphatic carbocycles. The quantitative estimate of drug-likeness (QED) is 0.664. The van der Waals surface area contributed by atoms with E-state index in [4.69, 9.17) is 5.73 Å². The van der Waals surface area contributed by atoms with Crippen molar-refractivity contribution in [2.75, 3.05) is 19.3 Å². The Labute approximate surface area is 99.4 Å². The number of hydrogen-bond acceptors (Lipinski definition) is 4. The van der Waals surface area contributed by atoms with Gasteiger partial charge in [-0.3, -0.25) is 14.7 Å². The minimum Gasteiger partial charge on any atom is -0.382 e. The summed E-state index contributed by atoms with van der Waals surface area (Å²) in [5.74, 6) is -0.312. The second-order valence-corrected chi connectivity index (χ2v) is 3.75. The van der Waals surface area contributed by atoms with E-state index in [9.17, 15) is 9.59 Å². The fraction of sp³-hybridized carbons (Fsp3) is 0.500. The maximum atomic E-state index is 11.7. The number of anilines is 1. The Bertz CT molecular complexity index is 415. The topological polar surface area (TPSA) is 104 Å². The molecule has 4 N–H and O–H groups in total. The van der Waals surface area contributed by atoms with Gasteiger partial charge in [-0.15, -0.1) is 0 Å². The highest BCUT2D eigenvalue weighted by molar-refractivity contribution is 5.96. The third kappa shape index (κ3) is 3.20. The van der Waals surface area contributed by atoms with E-state index < -0.39 is 11.9 Å². The molecular formula is C10H17N5O2. The highest BCUT2D eigenvalue weighted by Crippen LogP contribution is 2.01. The summed E-state index contributed by atoms with van der Waals surface area (Å²) in [7, 11) is 1.68. The molecule has 1 rings (SSSR count). The Morgan fingerprint density at radius 3 is 2.76 bits per heavy atom. The minimum atomic E-state index is -0.586. The largest absolute Gasteiger partial charge is 0.382 e. The first kappa shape index (κ1) is 13.0. The van der Waals surface area contributed by atoms with Crippen LogP contribution in [0.1, 0.15) is 24.3 Å². The van der Waals surface area contributed by atoms with Crippen LogP contribution in [-0.2, 0) is 4.79 Å². The van der Waals surface area contributed by atoms with Gasteiger partial charge in [0.05, 0.1) is 0 Å². The number of carbonyl (C=O) groups is 2. The molecule has 0 fully saturated rings. The van der Waals surface area contributed by atoms with Crippen molar-refractivity contribution in [3.05, 3.63) is 11.8 Å². The molecule has 94 valence electrons. The van der Waals surface area contributed by atoms with Crippen LogP contribution < -0.4 is 11.1 Å². The minimum absolute atomic E-state index is 0.145. The summed E-state index contributed by atoms with van der Waals surface area (Å²) in [6.07, 6.45) is 0. The molecule has 17 heavy (non-hydrogen) atoms. The van der Waals surface area contributed by atoms with Crippen LogP contribution in [0.4, 0.5) is 5.82 Å². The van der Waals surface area contributed by atoms with E-state index >= 15 is 0 Å². The van der Waals surface area contributed by atoms with Gasteiger partial charge in [0, 0.05) is 19.7 Å². The van der Waals surface area contributed by atoms with Crippen molar-refractivity contribution in [1.82, 2.24) is 20.4 Å². The van der Waals surface area contributed by atoms with Crippen molar-refractivity contribution in [3.8, 4) is 0 Å². The van der Waals surface area contributed by atoms with Crippen LogP contribution in [0.25, 0.3) is 0 Å². The van der Waals surface area contributed by atoms with Gasteiger partial charge in [0.1, 0.15) is 17.6 Å². The van der Waals surface area contributed by atoms with Crippen LogP contribution in [0.2, 0.25) is 0 Å². The smallest absolute Gasteiger partial charge is 0.270 e. The Hall–Kier alpha value is -2.05. The average molecular weight is 239 g/mol. The number of carbonyl (C=O) groups excluding carboxylic acids is 2. The molecule has 0 aliphatic rings. The monoisotopic (exact) mass is 239 g/mol. The zero-order valence-electron chi connectivity index (χ0n) is 10.2.